The normalized spacial score (nSPS) is 10.6. The van der Waals surface area contributed by atoms with Crippen LogP contribution in [0.5, 0.6) is 5.75 Å². The number of benzene rings is 2. The summed E-state index contributed by atoms with van der Waals surface area (Å²) < 4.78 is 6.26. The summed E-state index contributed by atoms with van der Waals surface area (Å²) in [6.45, 7) is 0.973. The quantitative estimate of drug-likeness (QED) is 0.771. The van der Waals surface area contributed by atoms with Gasteiger partial charge in [0.05, 0.1) is 23.9 Å². The predicted molar refractivity (Wildman–Crippen MR) is 96.3 cm³/mol. The molecule has 1 heterocycles. The lowest BCUT2D eigenvalue weighted by Gasteiger charge is -2.16. The summed E-state index contributed by atoms with van der Waals surface area (Å²) in [7, 11) is 3.41. The molecule has 0 saturated carbocycles. The van der Waals surface area contributed by atoms with E-state index in [0.29, 0.717) is 13.1 Å². The first-order chi connectivity index (χ1) is 11.7. The SMILES string of the molecule is COc1ccc(CNC(=O)N(C)Cc2nc3ccccc3s2)cc1. The third kappa shape index (κ3) is 3.83. The van der Waals surface area contributed by atoms with E-state index in [2.05, 4.69) is 10.3 Å². The molecule has 0 aliphatic rings. The summed E-state index contributed by atoms with van der Waals surface area (Å²) >= 11 is 1.61. The van der Waals surface area contributed by atoms with Gasteiger partial charge in [0.25, 0.3) is 0 Å². The average molecular weight is 341 g/mol. The number of hydrogen-bond donors (Lipinski definition) is 1. The fourth-order valence-corrected chi connectivity index (χ4v) is 3.34. The van der Waals surface area contributed by atoms with Crippen LogP contribution in [0.1, 0.15) is 10.6 Å². The van der Waals surface area contributed by atoms with Crippen LogP contribution in [0.4, 0.5) is 4.79 Å². The Balaban J connectivity index is 1.55. The Morgan fingerprint density at radius 3 is 2.67 bits per heavy atom. The van der Waals surface area contributed by atoms with Gasteiger partial charge in [0, 0.05) is 13.6 Å². The second-order valence-electron chi connectivity index (χ2n) is 5.44. The highest BCUT2D eigenvalue weighted by atomic mass is 32.1. The van der Waals surface area contributed by atoms with Gasteiger partial charge in [0.1, 0.15) is 10.8 Å². The van der Waals surface area contributed by atoms with Crippen molar-refractivity contribution in [2.24, 2.45) is 0 Å². The molecule has 0 unspecified atom stereocenters. The lowest BCUT2D eigenvalue weighted by molar-refractivity contribution is 0.206. The second-order valence-corrected chi connectivity index (χ2v) is 6.55. The standard InChI is InChI=1S/C18H19N3O2S/c1-21(12-17-20-15-5-3-4-6-16(15)24-17)18(22)19-11-13-7-9-14(23-2)10-8-13/h3-10H,11-12H2,1-2H3,(H,19,22). The van der Waals surface area contributed by atoms with Crippen LogP contribution in [0, 0.1) is 0 Å². The van der Waals surface area contributed by atoms with Gasteiger partial charge in [0.2, 0.25) is 0 Å². The van der Waals surface area contributed by atoms with Crippen molar-refractivity contribution in [1.29, 1.82) is 0 Å². The number of fused-ring (bicyclic) bond motifs is 1. The number of para-hydroxylation sites is 1. The molecule has 0 spiro atoms. The molecule has 1 N–H and O–H groups in total. The molecule has 0 aliphatic heterocycles. The number of aromatic nitrogens is 1. The van der Waals surface area contributed by atoms with E-state index in [0.717, 1.165) is 26.5 Å². The minimum Gasteiger partial charge on any atom is -0.497 e. The van der Waals surface area contributed by atoms with Crippen LogP contribution in [0.15, 0.2) is 48.5 Å². The highest BCUT2D eigenvalue weighted by Gasteiger charge is 2.11. The van der Waals surface area contributed by atoms with Crippen molar-refractivity contribution in [3.63, 3.8) is 0 Å². The Morgan fingerprint density at radius 1 is 1.21 bits per heavy atom. The highest BCUT2D eigenvalue weighted by molar-refractivity contribution is 7.18. The number of nitrogens with one attached hydrogen (secondary N) is 1. The van der Waals surface area contributed by atoms with Crippen LogP contribution in [0.3, 0.4) is 0 Å². The molecule has 1 aromatic heterocycles. The molecule has 2 aromatic carbocycles. The molecule has 0 aliphatic carbocycles. The van der Waals surface area contributed by atoms with Gasteiger partial charge < -0.3 is 15.0 Å². The minimum absolute atomic E-state index is 0.120. The maximum Gasteiger partial charge on any atom is 0.317 e. The summed E-state index contributed by atoms with van der Waals surface area (Å²) in [4.78, 5) is 18.4. The van der Waals surface area contributed by atoms with E-state index >= 15 is 0 Å². The summed E-state index contributed by atoms with van der Waals surface area (Å²) in [5.41, 5.74) is 2.00. The van der Waals surface area contributed by atoms with E-state index in [4.69, 9.17) is 4.74 Å². The monoisotopic (exact) mass is 341 g/mol. The number of nitrogens with zero attached hydrogens (tertiary/aromatic N) is 2. The van der Waals surface area contributed by atoms with Gasteiger partial charge in [0.15, 0.2) is 0 Å². The number of thiazole rings is 1. The molecule has 0 bridgehead atoms. The van der Waals surface area contributed by atoms with Crippen LogP contribution in [-0.2, 0) is 13.1 Å². The maximum atomic E-state index is 12.2. The fraction of sp³-hybridized carbons (Fsp3) is 0.222. The number of amides is 2. The van der Waals surface area contributed by atoms with Crippen molar-refractivity contribution in [1.82, 2.24) is 15.2 Å². The van der Waals surface area contributed by atoms with Gasteiger partial charge in [-0.25, -0.2) is 9.78 Å². The molecule has 3 rings (SSSR count). The zero-order valence-corrected chi connectivity index (χ0v) is 14.5. The first-order valence-electron chi connectivity index (χ1n) is 7.62. The van der Waals surface area contributed by atoms with E-state index in [-0.39, 0.29) is 6.03 Å². The summed E-state index contributed by atoms with van der Waals surface area (Å²) in [6.07, 6.45) is 0. The molecule has 5 nitrogen and oxygen atoms in total. The van der Waals surface area contributed by atoms with Crippen LogP contribution in [0.2, 0.25) is 0 Å². The third-order valence-electron chi connectivity index (χ3n) is 3.66. The van der Waals surface area contributed by atoms with Gasteiger partial charge in [-0.05, 0) is 29.8 Å². The van der Waals surface area contributed by atoms with Crippen molar-refractivity contribution in [3.05, 3.63) is 59.1 Å². The summed E-state index contributed by atoms with van der Waals surface area (Å²) in [5, 5.41) is 3.84. The zero-order chi connectivity index (χ0) is 16.9. The van der Waals surface area contributed by atoms with Gasteiger partial charge in [-0.2, -0.15) is 0 Å². The van der Waals surface area contributed by atoms with Crippen LogP contribution in [-0.4, -0.2) is 30.1 Å². The van der Waals surface area contributed by atoms with Gasteiger partial charge >= 0.3 is 6.03 Å². The van der Waals surface area contributed by atoms with E-state index in [1.807, 2.05) is 48.5 Å². The van der Waals surface area contributed by atoms with Gasteiger partial charge in [-0.1, -0.05) is 24.3 Å². The number of hydrogen-bond acceptors (Lipinski definition) is 4. The molecule has 6 heteroatoms. The highest BCUT2D eigenvalue weighted by Crippen LogP contribution is 2.22. The Hall–Kier alpha value is -2.60. The molecule has 24 heavy (non-hydrogen) atoms. The zero-order valence-electron chi connectivity index (χ0n) is 13.7. The van der Waals surface area contributed by atoms with E-state index in [9.17, 15) is 4.79 Å². The van der Waals surface area contributed by atoms with Crippen molar-refractivity contribution in [2.45, 2.75) is 13.1 Å². The smallest absolute Gasteiger partial charge is 0.317 e. The predicted octanol–water partition coefficient (Wildman–Crippen LogP) is 3.65. The molecule has 0 saturated heterocycles. The molecule has 3 aromatic rings. The topological polar surface area (TPSA) is 54.5 Å². The van der Waals surface area contributed by atoms with Crippen LogP contribution in [0.25, 0.3) is 10.2 Å². The first-order valence-corrected chi connectivity index (χ1v) is 8.43. The number of urea groups is 1. The number of methoxy groups -OCH3 is 1. The molecular weight excluding hydrogens is 322 g/mol. The van der Waals surface area contributed by atoms with Crippen molar-refractivity contribution in [3.8, 4) is 5.75 Å². The number of carbonyl (C=O) groups is 1. The Morgan fingerprint density at radius 2 is 1.96 bits per heavy atom. The van der Waals surface area contributed by atoms with Crippen molar-refractivity contribution < 1.29 is 9.53 Å². The van der Waals surface area contributed by atoms with Crippen LogP contribution < -0.4 is 10.1 Å². The second kappa shape index (κ2) is 7.31. The van der Waals surface area contributed by atoms with Crippen molar-refractivity contribution in [2.75, 3.05) is 14.2 Å². The Kier molecular flexibility index (Phi) is 4.96. The summed E-state index contributed by atoms with van der Waals surface area (Å²) in [6, 6.07) is 15.5. The van der Waals surface area contributed by atoms with E-state index < -0.39 is 0 Å². The third-order valence-corrected chi connectivity index (χ3v) is 4.68. The fourth-order valence-electron chi connectivity index (χ4n) is 2.32. The molecule has 0 radical (unpaired) electrons. The molecule has 0 fully saturated rings. The van der Waals surface area contributed by atoms with Gasteiger partial charge in [-0.15, -0.1) is 11.3 Å². The minimum atomic E-state index is -0.120. The van der Waals surface area contributed by atoms with E-state index in [1.165, 1.54) is 0 Å². The molecule has 0 atom stereocenters. The molecule has 124 valence electrons. The first kappa shape index (κ1) is 16.3. The average Bonchev–Trinajstić information content (AvgIpc) is 3.02. The lowest BCUT2D eigenvalue weighted by Crippen LogP contribution is -2.36. The Bertz CT molecular complexity index is 797. The maximum absolute atomic E-state index is 12.2. The largest absolute Gasteiger partial charge is 0.497 e. The number of ether oxygens (including phenoxy) is 1. The number of rotatable bonds is 5. The molecular formula is C18H19N3O2S. The van der Waals surface area contributed by atoms with Crippen molar-refractivity contribution >= 4 is 27.6 Å². The lowest BCUT2D eigenvalue weighted by atomic mass is 10.2. The van der Waals surface area contributed by atoms with Crippen LogP contribution >= 0.6 is 11.3 Å². The van der Waals surface area contributed by atoms with E-state index in [1.54, 1.807) is 30.4 Å². The summed E-state index contributed by atoms with van der Waals surface area (Å²) in [5.74, 6) is 0.804. The molecule has 2 amide bonds. The Labute approximate surface area is 144 Å². The number of carbonyl (C=O) groups excluding carboxylic acids is 1. The van der Waals surface area contributed by atoms with Gasteiger partial charge in [-0.3, -0.25) is 0 Å².